The van der Waals surface area contributed by atoms with Crippen molar-refractivity contribution in [3.8, 4) is 5.69 Å². The molecule has 1 heterocycles. The number of hydrogen-bond donors (Lipinski definition) is 1. The quantitative estimate of drug-likeness (QED) is 0.682. The van der Waals surface area contributed by atoms with Gasteiger partial charge in [-0.1, -0.05) is 11.6 Å². The number of alkyl halides is 3. The van der Waals surface area contributed by atoms with E-state index in [1.807, 2.05) is 0 Å². The van der Waals surface area contributed by atoms with Crippen LogP contribution in [-0.2, 0) is 6.18 Å². The molecule has 0 amide bonds. The lowest BCUT2D eigenvalue weighted by molar-refractivity contribution is -0.137. The molecule has 108 valence electrons. The minimum atomic E-state index is -4.46. The average Bonchev–Trinajstić information content (AvgIpc) is 2.79. The summed E-state index contributed by atoms with van der Waals surface area (Å²) in [6.07, 6.45) is -3.02. The smallest absolute Gasteiger partial charge is 0.399 e. The summed E-state index contributed by atoms with van der Waals surface area (Å²) >= 11 is 5.80. The Balaban J connectivity index is 2.21. The van der Waals surface area contributed by atoms with E-state index in [1.54, 1.807) is 18.2 Å². The highest BCUT2D eigenvalue weighted by molar-refractivity contribution is 6.30. The second-order valence-electron chi connectivity index (χ2n) is 4.56. The van der Waals surface area contributed by atoms with Crippen LogP contribution in [-0.4, -0.2) is 9.55 Å². The standard InChI is InChI=1S/C14H9ClF3N3/c15-9-3-8(14(16,17)18)4-11(5-9)21-7-20-12-6-10(19)1-2-13(12)21/h1-7H,19H2. The number of imidazole rings is 1. The molecule has 0 atom stereocenters. The summed E-state index contributed by atoms with van der Waals surface area (Å²) in [7, 11) is 0. The van der Waals surface area contributed by atoms with Gasteiger partial charge in [0.1, 0.15) is 6.33 Å². The summed E-state index contributed by atoms with van der Waals surface area (Å²) in [6, 6.07) is 8.39. The van der Waals surface area contributed by atoms with Crippen molar-refractivity contribution < 1.29 is 13.2 Å². The lowest BCUT2D eigenvalue weighted by Gasteiger charge is -2.11. The van der Waals surface area contributed by atoms with Gasteiger partial charge in [0.05, 0.1) is 16.6 Å². The van der Waals surface area contributed by atoms with E-state index in [1.165, 1.54) is 17.0 Å². The number of nitrogens with zero attached hydrogens (tertiary/aromatic N) is 2. The molecule has 0 radical (unpaired) electrons. The topological polar surface area (TPSA) is 43.8 Å². The third-order valence-electron chi connectivity index (χ3n) is 3.06. The Bertz CT molecular complexity index is 824. The molecule has 0 aliphatic heterocycles. The Morgan fingerprint density at radius 3 is 2.57 bits per heavy atom. The maximum Gasteiger partial charge on any atom is 0.416 e. The molecule has 0 spiro atoms. The number of rotatable bonds is 1. The number of halogens is 4. The SMILES string of the molecule is Nc1ccc2c(c1)ncn2-c1cc(Cl)cc(C(F)(F)F)c1. The first kappa shape index (κ1) is 13.8. The summed E-state index contributed by atoms with van der Waals surface area (Å²) < 4.78 is 40.1. The van der Waals surface area contributed by atoms with E-state index < -0.39 is 11.7 Å². The van der Waals surface area contributed by atoms with E-state index in [0.717, 1.165) is 12.1 Å². The van der Waals surface area contributed by atoms with Crippen LogP contribution in [0.1, 0.15) is 5.56 Å². The van der Waals surface area contributed by atoms with Gasteiger partial charge in [-0.25, -0.2) is 4.98 Å². The third-order valence-corrected chi connectivity index (χ3v) is 3.28. The van der Waals surface area contributed by atoms with Crippen molar-refractivity contribution in [3.63, 3.8) is 0 Å². The Hall–Kier alpha value is -2.21. The Labute approximate surface area is 122 Å². The number of nitrogen functional groups attached to an aromatic ring is 1. The fourth-order valence-corrected chi connectivity index (χ4v) is 2.34. The second-order valence-corrected chi connectivity index (χ2v) is 5.00. The van der Waals surface area contributed by atoms with Crippen LogP contribution in [0.25, 0.3) is 16.7 Å². The molecule has 2 N–H and O–H groups in total. The summed E-state index contributed by atoms with van der Waals surface area (Å²) in [5.74, 6) is 0. The van der Waals surface area contributed by atoms with Gasteiger partial charge in [0.25, 0.3) is 0 Å². The van der Waals surface area contributed by atoms with Gasteiger partial charge in [-0.15, -0.1) is 0 Å². The fourth-order valence-electron chi connectivity index (χ4n) is 2.11. The molecular weight excluding hydrogens is 303 g/mol. The van der Waals surface area contributed by atoms with Crippen LogP contribution in [0, 0.1) is 0 Å². The molecule has 0 unspecified atom stereocenters. The van der Waals surface area contributed by atoms with Crippen LogP contribution in [0.5, 0.6) is 0 Å². The van der Waals surface area contributed by atoms with Crippen LogP contribution < -0.4 is 5.73 Å². The lowest BCUT2D eigenvalue weighted by Crippen LogP contribution is -2.06. The molecule has 0 fully saturated rings. The van der Waals surface area contributed by atoms with Crippen molar-refractivity contribution in [2.45, 2.75) is 6.18 Å². The minimum Gasteiger partial charge on any atom is -0.399 e. The monoisotopic (exact) mass is 311 g/mol. The lowest BCUT2D eigenvalue weighted by atomic mass is 10.2. The Morgan fingerprint density at radius 2 is 1.86 bits per heavy atom. The van der Waals surface area contributed by atoms with Gasteiger partial charge in [-0.05, 0) is 36.4 Å². The van der Waals surface area contributed by atoms with E-state index in [0.29, 0.717) is 22.4 Å². The van der Waals surface area contributed by atoms with Crippen LogP contribution in [0.4, 0.5) is 18.9 Å². The van der Waals surface area contributed by atoms with Gasteiger partial charge in [-0.3, -0.25) is 4.57 Å². The van der Waals surface area contributed by atoms with Crippen molar-refractivity contribution in [1.82, 2.24) is 9.55 Å². The largest absolute Gasteiger partial charge is 0.416 e. The Morgan fingerprint density at radius 1 is 1.10 bits per heavy atom. The maximum atomic E-state index is 12.9. The summed E-state index contributed by atoms with van der Waals surface area (Å²) in [5, 5.41) is 0.0112. The molecule has 0 aliphatic rings. The van der Waals surface area contributed by atoms with Gasteiger partial charge in [0.15, 0.2) is 0 Å². The zero-order valence-electron chi connectivity index (χ0n) is 10.5. The summed E-state index contributed by atoms with van der Waals surface area (Å²) in [5.41, 5.74) is 6.94. The van der Waals surface area contributed by atoms with Crippen molar-refractivity contribution >= 4 is 28.3 Å². The van der Waals surface area contributed by atoms with Crippen LogP contribution in [0.15, 0.2) is 42.7 Å². The number of aromatic nitrogens is 2. The van der Waals surface area contributed by atoms with E-state index in [2.05, 4.69) is 4.98 Å². The van der Waals surface area contributed by atoms with E-state index >= 15 is 0 Å². The first-order valence-corrected chi connectivity index (χ1v) is 6.33. The summed E-state index contributed by atoms with van der Waals surface area (Å²) in [6.45, 7) is 0. The molecule has 3 rings (SSSR count). The highest BCUT2D eigenvalue weighted by atomic mass is 35.5. The number of hydrogen-bond acceptors (Lipinski definition) is 2. The van der Waals surface area contributed by atoms with Crippen molar-refractivity contribution in [1.29, 1.82) is 0 Å². The van der Waals surface area contributed by atoms with Gasteiger partial charge in [0, 0.05) is 16.4 Å². The third kappa shape index (κ3) is 2.54. The van der Waals surface area contributed by atoms with E-state index in [9.17, 15) is 13.2 Å². The Kier molecular flexibility index (Phi) is 3.06. The molecular formula is C14H9ClF3N3. The normalized spacial score (nSPS) is 12.0. The highest BCUT2D eigenvalue weighted by Crippen LogP contribution is 2.33. The van der Waals surface area contributed by atoms with Crippen molar-refractivity contribution in [3.05, 3.63) is 53.3 Å². The minimum absolute atomic E-state index is 0.0112. The predicted molar refractivity (Wildman–Crippen MR) is 75.5 cm³/mol. The van der Waals surface area contributed by atoms with E-state index in [4.69, 9.17) is 17.3 Å². The fraction of sp³-hybridized carbons (Fsp3) is 0.0714. The average molecular weight is 312 g/mol. The number of anilines is 1. The predicted octanol–water partition coefficient (Wildman–Crippen LogP) is 4.28. The molecule has 0 saturated carbocycles. The van der Waals surface area contributed by atoms with E-state index in [-0.39, 0.29) is 5.02 Å². The molecule has 7 heteroatoms. The van der Waals surface area contributed by atoms with Gasteiger partial charge in [-0.2, -0.15) is 13.2 Å². The number of nitrogens with two attached hydrogens (primary N) is 1. The molecule has 1 aromatic heterocycles. The van der Waals surface area contributed by atoms with Crippen LogP contribution in [0.3, 0.4) is 0 Å². The molecule has 3 aromatic rings. The van der Waals surface area contributed by atoms with Crippen LogP contribution >= 0.6 is 11.6 Å². The molecule has 3 nitrogen and oxygen atoms in total. The molecule has 2 aromatic carbocycles. The molecule has 0 aliphatic carbocycles. The maximum absolute atomic E-state index is 12.9. The number of benzene rings is 2. The number of fused-ring (bicyclic) bond motifs is 1. The van der Waals surface area contributed by atoms with Gasteiger partial charge < -0.3 is 5.73 Å². The molecule has 0 saturated heterocycles. The van der Waals surface area contributed by atoms with Crippen LogP contribution in [0.2, 0.25) is 5.02 Å². The van der Waals surface area contributed by atoms with Crippen molar-refractivity contribution in [2.75, 3.05) is 5.73 Å². The highest BCUT2D eigenvalue weighted by Gasteiger charge is 2.31. The van der Waals surface area contributed by atoms with Gasteiger partial charge >= 0.3 is 6.18 Å². The molecule has 0 bridgehead atoms. The zero-order chi connectivity index (χ0) is 15.2. The van der Waals surface area contributed by atoms with Crippen molar-refractivity contribution in [2.24, 2.45) is 0 Å². The summed E-state index contributed by atoms with van der Waals surface area (Å²) in [4.78, 5) is 4.14. The molecule has 21 heavy (non-hydrogen) atoms. The van der Waals surface area contributed by atoms with Gasteiger partial charge in [0.2, 0.25) is 0 Å². The second kappa shape index (κ2) is 4.66. The first-order valence-electron chi connectivity index (χ1n) is 5.95. The first-order chi connectivity index (χ1) is 9.84. The zero-order valence-corrected chi connectivity index (χ0v) is 11.3.